The summed E-state index contributed by atoms with van der Waals surface area (Å²) in [6.45, 7) is 5.41. The first-order chi connectivity index (χ1) is 10.9. The van der Waals surface area contributed by atoms with Gasteiger partial charge in [0, 0.05) is 12.0 Å². The van der Waals surface area contributed by atoms with Crippen LogP contribution in [0.3, 0.4) is 0 Å². The lowest BCUT2D eigenvalue weighted by atomic mass is 9.82. The highest BCUT2D eigenvalue weighted by atomic mass is 32.1. The van der Waals surface area contributed by atoms with E-state index in [-0.39, 0.29) is 16.9 Å². The first-order valence-corrected chi connectivity index (χ1v) is 7.95. The molecule has 0 radical (unpaired) electrons. The number of thiophene rings is 1. The number of carbonyl (C=O) groups excluding carboxylic acids is 2. The van der Waals surface area contributed by atoms with Gasteiger partial charge in [0.1, 0.15) is 11.7 Å². The normalized spacial score (nSPS) is 21.1. The lowest BCUT2D eigenvalue weighted by molar-refractivity contribution is -0.123. The van der Waals surface area contributed by atoms with Crippen molar-refractivity contribution in [2.75, 3.05) is 7.11 Å². The zero-order chi connectivity index (χ0) is 17.1. The van der Waals surface area contributed by atoms with Crippen molar-refractivity contribution in [1.82, 2.24) is 0 Å². The van der Waals surface area contributed by atoms with Crippen LogP contribution >= 0.6 is 11.3 Å². The third kappa shape index (κ3) is 3.27. The van der Waals surface area contributed by atoms with Gasteiger partial charge in [-0.05, 0) is 61.1 Å². The van der Waals surface area contributed by atoms with E-state index >= 15 is 0 Å². The van der Waals surface area contributed by atoms with Gasteiger partial charge < -0.3 is 9.84 Å². The number of hydrogen-bond acceptors (Lipinski definition) is 5. The number of carbonyl (C=O) groups is 1. The summed E-state index contributed by atoms with van der Waals surface area (Å²) >= 11 is 1.55. The van der Waals surface area contributed by atoms with Crippen molar-refractivity contribution in [1.29, 1.82) is 0 Å². The minimum Gasteiger partial charge on any atom is -0.507 e. The highest BCUT2D eigenvalue weighted by molar-refractivity contribution is 7.11. The average Bonchev–Trinajstić information content (AvgIpc) is 2.94. The molecule has 0 fully saturated rings. The molecule has 0 spiro atoms. The Morgan fingerprint density at radius 2 is 2.04 bits per heavy atom. The fourth-order valence-corrected chi connectivity index (χ4v) is 3.28. The Labute approximate surface area is 139 Å². The van der Waals surface area contributed by atoms with Gasteiger partial charge in [-0.2, -0.15) is 0 Å². The van der Waals surface area contributed by atoms with Crippen molar-refractivity contribution in [3.8, 4) is 0 Å². The van der Waals surface area contributed by atoms with E-state index < -0.39 is 11.9 Å². The van der Waals surface area contributed by atoms with Gasteiger partial charge in [-0.15, -0.1) is 11.3 Å². The minimum absolute atomic E-state index is 0.134. The number of methoxy groups -OCH3 is 1. The number of rotatable bonds is 3. The van der Waals surface area contributed by atoms with E-state index in [4.69, 9.17) is 4.74 Å². The number of ketones is 1. The Morgan fingerprint density at radius 1 is 1.35 bits per heavy atom. The fraction of sp³-hybridized carbons (Fsp3) is 0.278. The van der Waals surface area contributed by atoms with E-state index in [0.717, 1.165) is 10.4 Å². The lowest BCUT2D eigenvalue weighted by Crippen LogP contribution is -2.33. The van der Waals surface area contributed by atoms with Gasteiger partial charge in [-0.1, -0.05) is 0 Å². The van der Waals surface area contributed by atoms with Crippen LogP contribution in [0.25, 0.3) is 6.08 Å². The fourth-order valence-electron chi connectivity index (χ4n) is 2.49. The molecule has 0 bridgehead atoms. The second kappa shape index (κ2) is 6.92. The Hall–Kier alpha value is -2.20. The van der Waals surface area contributed by atoms with Gasteiger partial charge in [-0.3, -0.25) is 4.79 Å². The van der Waals surface area contributed by atoms with Crippen LogP contribution in [-0.4, -0.2) is 30.0 Å². The number of ether oxygens (including phenoxy) is 1. The van der Waals surface area contributed by atoms with E-state index in [1.807, 2.05) is 18.4 Å². The molecule has 1 aromatic heterocycles. The van der Waals surface area contributed by atoms with Crippen LogP contribution in [0, 0.1) is 6.92 Å². The van der Waals surface area contributed by atoms with Gasteiger partial charge >= 0.3 is 0 Å². The molecule has 0 saturated heterocycles. The maximum Gasteiger partial charge on any atom is 0.200 e. The van der Waals surface area contributed by atoms with Crippen molar-refractivity contribution >= 4 is 29.1 Å². The quantitative estimate of drug-likeness (QED) is 0.523. The highest BCUT2D eigenvalue weighted by Crippen LogP contribution is 2.33. The van der Waals surface area contributed by atoms with Crippen LogP contribution < -0.4 is 0 Å². The molecule has 0 aromatic carbocycles. The summed E-state index contributed by atoms with van der Waals surface area (Å²) in [5, 5.41) is 12.4. The third-order valence-corrected chi connectivity index (χ3v) is 4.86. The Bertz CT molecular complexity index is 786. The van der Waals surface area contributed by atoms with Crippen LogP contribution in [0.5, 0.6) is 0 Å². The molecule has 120 valence electrons. The zero-order valence-corrected chi connectivity index (χ0v) is 14.3. The van der Waals surface area contributed by atoms with E-state index in [2.05, 4.69) is 0 Å². The summed E-state index contributed by atoms with van der Waals surface area (Å²) in [7, 11) is 1.35. The molecule has 2 rings (SSSR count). The number of allylic oxidation sites excluding steroid dienone is 2. The molecule has 0 amide bonds. The highest BCUT2D eigenvalue weighted by Gasteiger charge is 2.36. The summed E-state index contributed by atoms with van der Waals surface area (Å²) in [6.07, 6.45) is 2.23. The average molecular weight is 330 g/mol. The van der Waals surface area contributed by atoms with E-state index in [0.29, 0.717) is 11.1 Å². The standard InChI is InChI=1S/C18H18O4S/c1-10-7-13(23-9-10)5-6-15(20)16-12(3)11(2)14(8-19)18(22-4)17(16)21/h5-7,9,18,20H,1-4H3. The molecule has 5 heteroatoms. The summed E-state index contributed by atoms with van der Waals surface area (Å²) in [4.78, 5) is 24.6. The smallest absolute Gasteiger partial charge is 0.200 e. The molecule has 1 aliphatic rings. The second-order valence-electron chi connectivity index (χ2n) is 5.37. The summed E-state index contributed by atoms with van der Waals surface area (Å²) in [5.74, 6) is 1.21. The van der Waals surface area contributed by atoms with E-state index in [1.165, 1.54) is 13.2 Å². The molecule has 0 aliphatic heterocycles. The molecule has 23 heavy (non-hydrogen) atoms. The SMILES string of the molecule is COC1C(=O)C(=C(O)C=Cc2cc(C)cs2)C(C)=C(C)C1=C=O. The molecule has 1 aromatic rings. The number of Topliss-reactive ketones (excluding diaryl/α,β-unsaturated/α-hetero) is 1. The van der Waals surface area contributed by atoms with Crippen LogP contribution in [0.2, 0.25) is 0 Å². The maximum absolute atomic E-state index is 12.5. The van der Waals surface area contributed by atoms with Gasteiger partial charge in [0.2, 0.25) is 5.78 Å². The van der Waals surface area contributed by atoms with Crippen molar-refractivity contribution in [2.45, 2.75) is 26.9 Å². The third-order valence-electron chi connectivity index (χ3n) is 3.85. The van der Waals surface area contributed by atoms with Gasteiger partial charge in [0.05, 0.1) is 11.1 Å². The predicted molar refractivity (Wildman–Crippen MR) is 91.1 cm³/mol. The number of aryl methyl sites for hydroxylation is 1. The molecular weight excluding hydrogens is 312 g/mol. The second-order valence-corrected chi connectivity index (χ2v) is 6.31. The molecule has 1 aliphatic carbocycles. The summed E-state index contributed by atoms with van der Waals surface area (Å²) < 4.78 is 5.12. The first kappa shape index (κ1) is 17.2. The minimum atomic E-state index is -1.02. The van der Waals surface area contributed by atoms with Crippen molar-refractivity contribution in [2.24, 2.45) is 0 Å². The molecule has 1 unspecified atom stereocenters. The monoisotopic (exact) mass is 330 g/mol. The molecule has 4 nitrogen and oxygen atoms in total. The van der Waals surface area contributed by atoms with Gasteiger partial charge in [0.25, 0.3) is 0 Å². The van der Waals surface area contributed by atoms with Gasteiger partial charge in [-0.25, -0.2) is 4.79 Å². The van der Waals surface area contributed by atoms with Crippen molar-refractivity contribution in [3.63, 3.8) is 0 Å². The summed E-state index contributed by atoms with van der Waals surface area (Å²) in [6, 6.07) is 1.99. The molecular formula is C18H18O4S. The van der Waals surface area contributed by atoms with E-state index in [9.17, 15) is 14.7 Å². The molecule has 1 atom stereocenters. The van der Waals surface area contributed by atoms with Crippen molar-refractivity contribution in [3.05, 3.63) is 56.0 Å². The Balaban J connectivity index is 2.50. The van der Waals surface area contributed by atoms with Crippen molar-refractivity contribution < 1.29 is 19.4 Å². The first-order valence-electron chi connectivity index (χ1n) is 7.07. The predicted octanol–water partition coefficient (Wildman–Crippen LogP) is 3.57. The van der Waals surface area contributed by atoms with Crippen LogP contribution in [-0.2, 0) is 14.3 Å². The summed E-state index contributed by atoms with van der Waals surface area (Å²) in [5.41, 5.74) is 2.67. The van der Waals surface area contributed by atoms with Gasteiger partial charge in [0.15, 0.2) is 6.10 Å². The van der Waals surface area contributed by atoms with Crippen LogP contribution in [0.1, 0.15) is 24.3 Å². The largest absolute Gasteiger partial charge is 0.507 e. The van der Waals surface area contributed by atoms with E-state index in [1.54, 1.807) is 37.2 Å². The maximum atomic E-state index is 12.5. The number of hydrogen-bond donors (Lipinski definition) is 1. The number of aliphatic hydroxyl groups is 1. The molecule has 0 saturated carbocycles. The zero-order valence-electron chi connectivity index (χ0n) is 13.5. The topological polar surface area (TPSA) is 63.6 Å². The molecule has 1 heterocycles. The lowest BCUT2D eigenvalue weighted by Gasteiger charge is -2.25. The molecule has 1 N–H and O–H groups in total. The number of aliphatic hydroxyl groups excluding tert-OH is 1. The van der Waals surface area contributed by atoms with Crippen LogP contribution in [0.15, 0.2) is 45.6 Å². The Kier molecular flexibility index (Phi) is 5.16. The Morgan fingerprint density at radius 3 is 2.57 bits per heavy atom. The van der Waals surface area contributed by atoms with Crippen LogP contribution in [0.4, 0.5) is 0 Å².